The molecule has 138 valence electrons. The summed E-state index contributed by atoms with van der Waals surface area (Å²) in [7, 11) is 1.56. The Labute approximate surface area is 153 Å². The summed E-state index contributed by atoms with van der Waals surface area (Å²) in [5, 5.41) is 6.53. The molecule has 1 unspecified atom stereocenters. The zero-order valence-corrected chi connectivity index (χ0v) is 14.6. The number of nitrogens with one attached hydrogen (secondary N) is 1. The highest BCUT2D eigenvalue weighted by molar-refractivity contribution is 6.07. The molecule has 1 fully saturated rings. The number of carbonyl (C=O) groups is 2. The third kappa shape index (κ3) is 2.82. The van der Waals surface area contributed by atoms with Crippen molar-refractivity contribution in [1.29, 1.82) is 0 Å². The zero-order valence-electron chi connectivity index (χ0n) is 14.6. The number of furan rings is 1. The van der Waals surface area contributed by atoms with Gasteiger partial charge in [0.2, 0.25) is 11.7 Å². The standard InChI is InChI=1S/C18H16N4O5/c1-18(11-5-7-12(25-2)8-6-11)16(23)22(17(24)20-18)10-14-19-15(21-27-14)13-4-3-9-26-13/h3-9H,10H2,1-2H3,(H,20,24). The Hall–Kier alpha value is -3.62. The molecule has 27 heavy (non-hydrogen) atoms. The molecule has 3 heterocycles. The van der Waals surface area contributed by atoms with Crippen molar-refractivity contribution in [3.05, 3.63) is 54.1 Å². The average Bonchev–Trinajstić information content (AvgIpc) is 3.40. The number of imide groups is 1. The molecule has 9 heteroatoms. The van der Waals surface area contributed by atoms with Crippen molar-refractivity contribution in [1.82, 2.24) is 20.4 Å². The van der Waals surface area contributed by atoms with Gasteiger partial charge in [0.15, 0.2) is 5.76 Å². The van der Waals surface area contributed by atoms with Gasteiger partial charge in [-0.1, -0.05) is 17.3 Å². The fraction of sp³-hybridized carbons (Fsp3) is 0.222. The van der Waals surface area contributed by atoms with Crippen LogP contribution < -0.4 is 10.1 Å². The molecule has 9 nitrogen and oxygen atoms in total. The Bertz CT molecular complexity index is 980. The maximum atomic E-state index is 12.9. The minimum absolute atomic E-state index is 0.129. The second-order valence-electron chi connectivity index (χ2n) is 6.16. The van der Waals surface area contributed by atoms with Gasteiger partial charge in [0.25, 0.3) is 5.91 Å². The summed E-state index contributed by atoms with van der Waals surface area (Å²) < 4.78 is 15.5. The van der Waals surface area contributed by atoms with Gasteiger partial charge in [-0.25, -0.2) is 4.79 Å². The van der Waals surface area contributed by atoms with Gasteiger partial charge in [-0.3, -0.25) is 9.69 Å². The predicted molar refractivity (Wildman–Crippen MR) is 91.4 cm³/mol. The molecule has 0 aliphatic carbocycles. The van der Waals surface area contributed by atoms with Crippen LogP contribution in [-0.2, 0) is 16.9 Å². The third-order valence-electron chi connectivity index (χ3n) is 4.45. The van der Waals surface area contributed by atoms with E-state index in [9.17, 15) is 9.59 Å². The van der Waals surface area contributed by atoms with E-state index >= 15 is 0 Å². The van der Waals surface area contributed by atoms with Crippen LogP contribution in [0.3, 0.4) is 0 Å². The van der Waals surface area contributed by atoms with E-state index in [1.165, 1.54) is 6.26 Å². The molecule has 1 aliphatic heterocycles. The van der Waals surface area contributed by atoms with Gasteiger partial charge < -0.3 is 19.0 Å². The summed E-state index contributed by atoms with van der Waals surface area (Å²) in [6.07, 6.45) is 1.49. The summed E-state index contributed by atoms with van der Waals surface area (Å²) in [4.78, 5) is 30.5. The van der Waals surface area contributed by atoms with Crippen LogP contribution in [0, 0.1) is 0 Å². The molecule has 0 spiro atoms. The first kappa shape index (κ1) is 16.8. The van der Waals surface area contributed by atoms with Crippen molar-refractivity contribution in [3.8, 4) is 17.3 Å². The summed E-state index contributed by atoms with van der Waals surface area (Å²) >= 11 is 0. The number of amides is 3. The summed E-state index contributed by atoms with van der Waals surface area (Å²) in [5.41, 5.74) is -0.543. The first-order chi connectivity index (χ1) is 13.0. The minimum Gasteiger partial charge on any atom is -0.497 e. The zero-order chi connectivity index (χ0) is 19.0. The summed E-state index contributed by atoms with van der Waals surface area (Å²) in [5.74, 6) is 1.07. The van der Waals surface area contributed by atoms with E-state index in [2.05, 4.69) is 15.5 Å². The average molecular weight is 368 g/mol. The Morgan fingerprint density at radius 2 is 2.00 bits per heavy atom. The maximum Gasteiger partial charge on any atom is 0.325 e. The molecular formula is C18H16N4O5. The van der Waals surface area contributed by atoms with E-state index in [-0.39, 0.29) is 18.3 Å². The number of rotatable bonds is 5. The topological polar surface area (TPSA) is 111 Å². The van der Waals surface area contributed by atoms with E-state index in [0.29, 0.717) is 17.1 Å². The fourth-order valence-corrected chi connectivity index (χ4v) is 2.92. The van der Waals surface area contributed by atoms with Gasteiger partial charge in [0.1, 0.15) is 17.8 Å². The van der Waals surface area contributed by atoms with Crippen molar-refractivity contribution in [3.63, 3.8) is 0 Å². The van der Waals surface area contributed by atoms with Crippen molar-refractivity contribution in [2.45, 2.75) is 19.0 Å². The highest BCUT2D eigenvalue weighted by Gasteiger charge is 2.49. The van der Waals surface area contributed by atoms with Crippen molar-refractivity contribution >= 4 is 11.9 Å². The van der Waals surface area contributed by atoms with E-state index in [1.807, 2.05) is 0 Å². The van der Waals surface area contributed by atoms with Gasteiger partial charge in [0, 0.05) is 0 Å². The van der Waals surface area contributed by atoms with Crippen LogP contribution in [0.2, 0.25) is 0 Å². The largest absolute Gasteiger partial charge is 0.497 e. The number of ether oxygens (including phenoxy) is 1. The highest BCUT2D eigenvalue weighted by Crippen LogP contribution is 2.31. The molecule has 1 aromatic carbocycles. The number of aromatic nitrogens is 2. The van der Waals surface area contributed by atoms with Gasteiger partial charge in [-0.2, -0.15) is 4.98 Å². The van der Waals surface area contributed by atoms with E-state index < -0.39 is 17.5 Å². The highest BCUT2D eigenvalue weighted by atomic mass is 16.5. The fourth-order valence-electron chi connectivity index (χ4n) is 2.92. The maximum absolute atomic E-state index is 12.9. The van der Waals surface area contributed by atoms with Gasteiger partial charge in [-0.05, 0) is 36.8 Å². The quantitative estimate of drug-likeness (QED) is 0.688. The molecular weight excluding hydrogens is 352 g/mol. The molecule has 3 amide bonds. The molecule has 4 rings (SSSR count). The Kier molecular flexibility index (Phi) is 3.91. The van der Waals surface area contributed by atoms with Crippen LogP contribution in [0.25, 0.3) is 11.6 Å². The van der Waals surface area contributed by atoms with Crippen molar-refractivity contribution in [2.75, 3.05) is 7.11 Å². The van der Waals surface area contributed by atoms with Crippen LogP contribution in [0.5, 0.6) is 5.75 Å². The van der Waals surface area contributed by atoms with Gasteiger partial charge in [0.05, 0.1) is 13.4 Å². The lowest BCUT2D eigenvalue weighted by Gasteiger charge is -2.22. The second kappa shape index (κ2) is 6.27. The third-order valence-corrected chi connectivity index (χ3v) is 4.45. The molecule has 1 aliphatic rings. The van der Waals surface area contributed by atoms with E-state index in [1.54, 1.807) is 50.4 Å². The Balaban J connectivity index is 1.56. The van der Waals surface area contributed by atoms with Crippen LogP contribution in [0.15, 0.2) is 51.6 Å². The number of hydrogen-bond acceptors (Lipinski definition) is 7. The van der Waals surface area contributed by atoms with Crippen LogP contribution in [0.4, 0.5) is 4.79 Å². The molecule has 0 radical (unpaired) electrons. The first-order valence-corrected chi connectivity index (χ1v) is 8.16. The van der Waals surface area contributed by atoms with Crippen LogP contribution in [-0.4, -0.2) is 34.1 Å². The lowest BCUT2D eigenvalue weighted by molar-refractivity contribution is -0.131. The van der Waals surface area contributed by atoms with Crippen molar-refractivity contribution in [2.24, 2.45) is 0 Å². The second-order valence-corrected chi connectivity index (χ2v) is 6.16. The van der Waals surface area contributed by atoms with Crippen LogP contribution in [0.1, 0.15) is 18.4 Å². The monoisotopic (exact) mass is 368 g/mol. The van der Waals surface area contributed by atoms with Crippen LogP contribution >= 0.6 is 0 Å². The lowest BCUT2D eigenvalue weighted by atomic mass is 9.92. The number of carbonyl (C=O) groups excluding carboxylic acids is 2. The lowest BCUT2D eigenvalue weighted by Crippen LogP contribution is -2.40. The predicted octanol–water partition coefficient (Wildman–Crippen LogP) is 2.31. The minimum atomic E-state index is -1.19. The molecule has 1 saturated heterocycles. The molecule has 0 saturated carbocycles. The summed E-state index contributed by atoms with van der Waals surface area (Å²) in [6, 6.07) is 9.79. The SMILES string of the molecule is COc1ccc(C2(C)NC(=O)N(Cc3nc(-c4ccco4)no3)C2=O)cc1. The number of nitrogens with zero attached hydrogens (tertiary/aromatic N) is 3. The normalized spacial score (nSPS) is 19.4. The molecule has 1 N–H and O–H groups in total. The van der Waals surface area contributed by atoms with E-state index in [4.69, 9.17) is 13.7 Å². The van der Waals surface area contributed by atoms with Gasteiger partial charge in [-0.15, -0.1) is 0 Å². The van der Waals surface area contributed by atoms with E-state index in [0.717, 1.165) is 4.90 Å². The first-order valence-electron chi connectivity index (χ1n) is 8.16. The van der Waals surface area contributed by atoms with Gasteiger partial charge >= 0.3 is 6.03 Å². The molecule has 1 atom stereocenters. The number of methoxy groups -OCH3 is 1. The summed E-state index contributed by atoms with van der Waals surface area (Å²) in [6.45, 7) is 1.52. The van der Waals surface area contributed by atoms with Crippen molar-refractivity contribution < 1.29 is 23.3 Å². The number of benzene rings is 1. The smallest absolute Gasteiger partial charge is 0.325 e. The Morgan fingerprint density at radius 1 is 1.22 bits per heavy atom. The molecule has 3 aromatic rings. The molecule has 0 bridgehead atoms. The Morgan fingerprint density at radius 3 is 2.67 bits per heavy atom. The molecule has 2 aromatic heterocycles. The number of urea groups is 1. The number of hydrogen-bond donors (Lipinski definition) is 1.